The van der Waals surface area contributed by atoms with Crippen LogP contribution < -0.4 is 15.8 Å². The Labute approximate surface area is 171 Å². The van der Waals surface area contributed by atoms with E-state index in [2.05, 4.69) is 23.8 Å². The average Bonchev–Trinajstić information content (AvgIpc) is 2.76. The van der Waals surface area contributed by atoms with E-state index in [9.17, 15) is 14.4 Å². The standard InChI is InChI=1S/C23H27N3O3/c1-2-17-9-11-19(12-10-17)21(27)13-14-22(28)24-25-23(29)16-26-15-5-7-18-6-3-4-8-20(18)26/h3-4,6,8-12H,2,5,7,13-16H2,1H3,(H,24,28)(H,25,29). The van der Waals surface area contributed by atoms with Crippen molar-refractivity contribution in [3.05, 3.63) is 65.2 Å². The second-order valence-electron chi connectivity index (χ2n) is 7.22. The molecule has 0 aliphatic carbocycles. The Hall–Kier alpha value is -3.15. The summed E-state index contributed by atoms with van der Waals surface area (Å²) in [6.45, 7) is 3.04. The Bertz CT molecular complexity index is 877. The number of benzene rings is 2. The molecule has 0 saturated heterocycles. The second-order valence-corrected chi connectivity index (χ2v) is 7.22. The third-order valence-corrected chi connectivity index (χ3v) is 5.15. The van der Waals surface area contributed by atoms with E-state index in [0.717, 1.165) is 31.5 Å². The molecule has 0 aromatic heterocycles. The molecule has 152 valence electrons. The van der Waals surface area contributed by atoms with Gasteiger partial charge in [-0.15, -0.1) is 0 Å². The molecule has 0 atom stereocenters. The zero-order valence-electron chi connectivity index (χ0n) is 16.7. The van der Waals surface area contributed by atoms with Gasteiger partial charge in [0.1, 0.15) is 0 Å². The van der Waals surface area contributed by atoms with Crippen LogP contribution >= 0.6 is 0 Å². The number of nitrogens with zero attached hydrogens (tertiary/aromatic N) is 1. The summed E-state index contributed by atoms with van der Waals surface area (Å²) < 4.78 is 0. The summed E-state index contributed by atoms with van der Waals surface area (Å²) in [5, 5.41) is 0. The summed E-state index contributed by atoms with van der Waals surface area (Å²) in [5.74, 6) is -0.744. The lowest BCUT2D eigenvalue weighted by atomic mass is 10.0. The van der Waals surface area contributed by atoms with Crippen molar-refractivity contribution < 1.29 is 14.4 Å². The number of carbonyl (C=O) groups is 3. The number of hydrogen-bond acceptors (Lipinski definition) is 4. The van der Waals surface area contributed by atoms with Crippen LogP contribution in [-0.2, 0) is 22.4 Å². The number of carbonyl (C=O) groups excluding carboxylic acids is 3. The van der Waals surface area contributed by atoms with Crippen LogP contribution in [0, 0.1) is 0 Å². The molecule has 29 heavy (non-hydrogen) atoms. The van der Waals surface area contributed by atoms with Crippen LogP contribution in [0.15, 0.2) is 48.5 Å². The lowest BCUT2D eigenvalue weighted by Gasteiger charge is -2.30. The summed E-state index contributed by atoms with van der Waals surface area (Å²) in [6.07, 6.45) is 3.06. The highest BCUT2D eigenvalue weighted by Crippen LogP contribution is 2.26. The van der Waals surface area contributed by atoms with Gasteiger partial charge in [-0.3, -0.25) is 25.2 Å². The lowest BCUT2D eigenvalue weighted by Crippen LogP contribution is -2.47. The van der Waals surface area contributed by atoms with Gasteiger partial charge in [-0.1, -0.05) is 49.4 Å². The topological polar surface area (TPSA) is 78.5 Å². The highest BCUT2D eigenvalue weighted by Gasteiger charge is 2.19. The fourth-order valence-electron chi connectivity index (χ4n) is 3.49. The number of ketones is 1. The van der Waals surface area contributed by atoms with Crippen LogP contribution in [0.3, 0.4) is 0 Å². The summed E-state index contributed by atoms with van der Waals surface area (Å²) in [6, 6.07) is 15.5. The first-order valence-corrected chi connectivity index (χ1v) is 10.1. The molecule has 0 bridgehead atoms. The SMILES string of the molecule is CCc1ccc(C(=O)CCC(=O)NNC(=O)CN2CCCc3ccccc32)cc1. The van der Waals surface area contributed by atoms with Crippen LogP contribution in [0.5, 0.6) is 0 Å². The minimum Gasteiger partial charge on any atom is -0.362 e. The fraction of sp³-hybridized carbons (Fsp3) is 0.348. The first-order chi connectivity index (χ1) is 14.1. The van der Waals surface area contributed by atoms with Crippen molar-refractivity contribution in [1.29, 1.82) is 0 Å². The highest BCUT2D eigenvalue weighted by atomic mass is 16.2. The summed E-state index contributed by atoms with van der Waals surface area (Å²) in [4.78, 5) is 38.4. The maximum absolute atomic E-state index is 12.2. The molecule has 1 heterocycles. The molecule has 6 nitrogen and oxygen atoms in total. The van der Waals surface area contributed by atoms with Gasteiger partial charge < -0.3 is 4.90 Å². The van der Waals surface area contributed by atoms with E-state index in [-0.39, 0.29) is 37.0 Å². The molecule has 0 spiro atoms. The molecule has 2 N–H and O–H groups in total. The minimum atomic E-state index is -0.379. The van der Waals surface area contributed by atoms with E-state index in [0.29, 0.717) is 5.56 Å². The molecule has 2 aromatic rings. The second kappa shape index (κ2) is 9.87. The number of anilines is 1. The van der Waals surface area contributed by atoms with Crippen LogP contribution in [0.1, 0.15) is 47.7 Å². The van der Waals surface area contributed by atoms with Gasteiger partial charge in [0.25, 0.3) is 5.91 Å². The molecule has 0 radical (unpaired) electrons. The van der Waals surface area contributed by atoms with Crippen molar-refractivity contribution in [3.63, 3.8) is 0 Å². The van der Waals surface area contributed by atoms with E-state index >= 15 is 0 Å². The van der Waals surface area contributed by atoms with E-state index < -0.39 is 0 Å². The first kappa shape index (κ1) is 20.6. The van der Waals surface area contributed by atoms with Gasteiger partial charge in [-0.25, -0.2) is 0 Å². The fourth-order valence-corrected chi connectivity index (χ4v) is 3.49. The maximum atomic E-state index is 12.2. The van der Waals surface area contributed by atoms with Crippen molar-refractivity contribution in [2.45, 2.75) is 39.0 Å². The largest absolute Gasteiger partial charge is 0.362 e. The predicted molar refractivity (Wildman–Crippen MR) is 113 cm³/mol. The number of rotatable bonds is 7. The molecule has 0 saturated carbocycles. The monoisotopic (exact) mass is 393 g/mol. The van der Waals surface area contributed by atoms with Crippen molar-refractivity contribution >= 4 is 23.3 Å². The van der Waals surface area contributed by atoms with Gasteiger partial charge in [0.15, 0.2) is 5.78 Å². The third kappa shape index (κ3) is 5.67. The Balaban J connectivity index is 1.41. The predicted octanol–water partition coefficient (Wildman–Crippen LogP) is 2.81. The van der Waals surface area contributed by atoms with Gasteiger partial charge in [-0.05, 0) is 36.5 Å². The number of nitrogens with one attached hydrogen (secondary N) is 2. The minimum absolute atomic E-state index is 0.0290. The van der Waals surface area contributed by atoms with Crippen LogP contribution in [0.25, 0.3) is 0 Å². The molecular weight excluding hydrogens is 366 g/mol. The summed E-state index contributed by atoms with van der Waals surface area (Å²) in [7, 11) is 0. The molecule has 2 aromatic carbocycles. The molecule has 1 aliphatic heterocycles. The van der Waals surface area contributed by atoms with Gasteiger partial charge >= 0.3 is 0 Å². The smallest absolute Gasteiger partial charge is 0.257 e. The number of amides is 2. The van der Waals surface area contributed by atoms with Gasteiger partial charge in [0, 0.05) is 30.6 Å². The van der Waals surface area contributed by atoms with E-state index in [4.69, 9.17) is 0 Å². The average molecular weight is 393 g/mol. The maximum Gasteiger partial charge on any atom is 0.257 e. The zero-order chi connectivity index (χ0) is 20.6. The van der Waals surface area contributed by atoms with E-state index in [1.54, 1.807) is 12.1 Å². The van der Waals surface area contributed by atoms with Crippen LogP contribution in [0.2, 0.25) is 0 Å². The van der Waals surface area contributed by atoms with Crippen LogP contribution in [-0.4, -0.2) is 30.7 Å². The Morgan fingerprint density at radius 3 is 2.41 bits per heavy atom. The molecule has 1 aliphatic rings. The number of aryl methyl sites for hydroxylation is 2. The molecule has 0 unspecified atom stereocenters. The normalized spacial score (nSPS) is 12.8. The zero-order valence-corrected chi connectivity index (χ0v) is 16.7. The van der Waals surface area contributed by atoms with Crippen LogP contribution in [0.4, 0.5) is 5.69 Å². The molecule has 2 amide bonds. The van der Waals surface area contributed by atoms with Gasteiger partial charge in [0.05, 0.1) is 6.54 Å². The number of hydrogen-bond donors (Lipinski definition) is 2. The molecule has 6 heteroatoms. The molecular formula is C23H27N3O3. The number of Topliss-reactive ketones (excluding diaryl/α,β-unsaturated/α-hetero) is 1. The third-order valence-electron chi connectivity index (χ3n) is 5.15. The van der Waals surface area contributed by atoms with E-state index in [1.165, 1.54) is 11.1 Å². The number of fused-ring (bicyclic) bond motifs is 1. The van der Waals surface area contributed by atoms with Crippen molar-refractivity contribution in [2.75, 3.05) is 18.0 Å². The van der Waals surface area contributed by atoms with Gasteiger partial charge in [0.2, 0.25) is 5.91 Å². The van der Waals surface area contributed by atoms with Crippen molar-refractivity contribution in [2.24, 2.45) is 0 Å². The van der Waals surface area contributed by atoms with E-state index in [1.807, 2.05) is 35.2 Å². The van der Waals surface area contributed by atoms with Crippen molar-refractivity contribution in [1.82, 2.24) is 10.9 Å². The Kier molecular flexibility index (Phi) is 7.00. The summed E-state index contributed by atoms with van der Waals surface area (Å²) >= 11 is 0. The van der Waals surface area contributed by atoms with Crippen molar-refractivity contribution in [3.8, 4) is 0 Å². The number of para-hydroxylation sites is 1. The summed E-state index contributed by atoms with van der Waals surface area (Å²) in [5.41, 5.74) is 8.92. The molecule has 0 fully saturated rings. The lowest BCUT2D eigenvalue weighted by molar-refractivity contribution is -0.128. The Morgan fingerprint density at radius 2 is 1.66 bits per heavy atom. The van der Waals surface area contributed by atoms with Gasteiger partial charge in [-0.2, -0.15) is 0 Å². The first-order valence-electron chi connectivity index (χ1n) is 10.1. The molecule has 3 rings (SSSR count). The highest BCUT2D eigenvalue weighted by molar-refractivity contribution is 5.98. The Morgan fingerprint density at radius 1 is 0.931 bits per heavy atom. The quantitative estimate of drug-likeness (QED) is 0.560. The number of hydrazine groups is 1.